The van der Waals surface area contributed by atoms with Gasteiger partial charge < -0.3 is 10.2 Å². The van der Waals surface area contributed by atoms with Crippen molar-refractivity contribution in [2.75, 3.05) is 23.3 Å². The number of carbonyl (C=O) groups excluding carboxylic acids is 1. The molecule has 0 radical (unpaired) electrons. The first-order valence-electron chi connectivity index (χ1n) is 9.59. The second-order valence-corrected chi connectivity index (χ2v) is 7.39. The van der Waals surface area contributed by atoms with Crippen molar-refractivity contribution in [3.63, 3.8) is 0 Å². The van der Waals surface area contributed by atoms with E-state index < -0.39 is 0 Å². The molecule has 0 spiro atoms. The normalized spacial score (nSPS) is 17.8. The molecular weight excluding hydrogens is 324 g/mol. The van der Waals surface area contributed by atoms with Gasteiger partial charge in [-0.1, -0.05) is 30.3 Å². The van der Waals surface area contributed by atoms with Crippen molar-refractivity contribution in [3.8, 4) is 0 Å². The predicted molar refractivity (Wildman–Crippen MR) is 104 cm³/mol. The fourth-order valence-corrected chi connectivity index (χ4v) is 3.56. The number of piperidine rings is 1. The number of aromatic nitrogens is 1. The first kappa shape index (κ1) is 16.9. The predicted octanol–water partition coefficient (Wildman–Crippen LogP) is 3.82. The van der Waals surface area contributed by atoms with E-state index in [1.54, 1.807) is 0 Å². The molecule has 5 nitrogen and oxygen atoms in total. The Morgan fingerprint density at radius 1 is 1.04 bits per heavy atom. The van der Waals surface area contributed by atoms with E-state index in [0.717, 1.165) is 37.5 Å². The number of nitrogens with zero attached hydrogens (tertiary/aromatic N) is 2. The summed E-state index contributed by atoms with van der Waals surface area (Å²) in [5, 5.41) is 5.70. The molecule has 2 aromatic rings. The van der Waals surface area contributed by atoms with Gasteiger partial charge in [0.15, 0.2) is 0 Å². The van der Waals surface area contributed by atoms with E-state index in [9.17, 15) is 4.79 Å². The van der Waals surface area contributed by atoms with Crippen LogP contribution in [-0.4, -0.2) is 30.1 Å². The molecule has 1 aliphatic heterocycles. The molecule has 2 fully saturated rings. The monoisotopic (exact) mass is 350 g/mol. The molecule has 136 valence electrons. The van der Waals surface area contributed by atoms with Crippen molar-refractivity contribution in [3.05, 3.63) is 54.2 Å². The van der Waals surface area contributed by atoms with Gasteiger partial charge in [0.05, 0.1) is 11.9 Å². The van der Waals surface area contributed by atoms with E-state index in [1.165, 1.54) is 24.8 Å². The summed E-state index contributed by atoms with van der Waals surface area (Å²) in [6.07, 6.45) is 7.62. The van der Waals surface area contributed by atoms with Crippen LogP contribution in [0.4, 0.5) is 16.3 Å². The van der Waals surface area contributed by atoms with Crippen LogP contribution in [0.3, 0.4) is 0 Å². The molecule has 0 unspecified atom stereocenters. The minimum absolute atomic E-state index is 0.158. The van der Waals surface area contributed by atoms with Gasteiger partial charge in [0, 0.05) is 19.1 Å². The average Bonchev–Trinajstić information content (AvgIpc) is 3.48. The van der Waals surface area contributed by atoms with Gasteiger partial charge in [-0.05, 0) is 55.7 Å². The Hall–Kier alpha value is -2.56. The van der Waals surface area contributed by atoms with Gasteiger partial charge in [-0.25, -0.2) is 9.78 Å². The number of pyridine rings is 1. The average molecular weight is 350 g/mol. The van der Waals surface area contributed by atoms with Crippen LogP contribution in [0.2, 0.25) is 0 Å². The van der Waals surface area contributed by atoms with Crippen molar-refractivity contribution in [2.24, 2.45) is 5.92 Å². The van der Waals surface area contributed by atoms with Gasteiger partial charge in [0.2, 0.25) is 0 Å². The molecule has 2 aliphatic rings. The summed E-state index contributed by atoms with van der Waals surface area (Å²) in [6, 6.07) is 14.9. The summed E-state index contributed by atoms with van der Waals surface area (Å²) in [5.74, 6) is 1.36. The third-order valence-electron chi connectivity index (χ3n) is 5.25. The third-order valence-corrected chi connectivity index (χ3v) is 5.25. The van der Waals surface area contributed by atoms with E-state index >= 15 is 0 Å². The highest BCUT2D eigenvalue weighted by molar-refractivity contribution is 5.88. The number of amides is 2. The zero-order valence-electron chi connectivity index (χ0n) is 15.0. The highest BCUT2D eigenvalue weighted by Crippen LogP contribution is 2.26. The standard InChI is InChI=1S/C21H26N4O/c26-21(23-18-6-7-18)24-20-9-8-19(15-22-20)25-12-10-17(11-13-25)14-16-4-2-1-3-5-16/h1-5,8-9,15,17-18H,6-7,10-14H2,(H2,22,23,24,26). The van der Waals surface area contributed by atoms with Crippen LogP contribution in [0.5, 0.6) is 0 Å². The summed E-state index contributed by atoms with van der Waals surface area (Å²) < 4.78 is 0. The Morgan fingerprint density at radius 2 is 1.81 bits per heavy atom. The highest BCUT2D eigenvalue weighted by Gasteiger charge is 2.23. The topological polar surface area (TPSA) is 57.3 Å². The minimum Gasteiger partial charge on any atom is -0.370 e. The molecule has 1 aliphatic carbocycles. The Morgan fingerprint density at radius 3 is 2.46 bits per heavy atom. The number of hydrogen-bond acceptors (Lipinski definition) is 3. The molecule has 5 heteroatoms. The van der Waals surface area contributed by atoms with E-state index in [4.69, 9.17) is 0 Å². The molecule has 4 rings (SSSR count). The van der Waals surface area contributed by atoms with E-state index in [2.05, 4.69) is 56.9 Å². The quantitative estimate of drug-likeness (QED) is 0.862. The van der Waals surface area contributed by atoms with Crippen molar-refractivity contribution in [2.45, 2.75) is 38.1 Å². The van der Waals surface area contributed by atoms with Crippen LogP contribution in [0.15, 0.2) is 48.7 Å². The third kappa shape index (κ3) is 4.54. The van der Waals surface area contributed by atoms with Gasteiger partial charge in [0.1, 0.15) is 5.82 Å². The molecule has 26 heavy (non-hydrogen) atoms. The molecule has 1 aromatic heterocycles. The number of hydrogen-bond donors (Lipinski definition) is 2. The lowest BCUT2D eigenvalue weighted by atomic mass is 9.90. The largest absolute Gasteiger partial charge is 0.370 e. The van der Waals surface area contributed by atoms with Crippen LogP contribution in [0.1, 0.15) is 31.2 Å². The lowest BCUT2D eigenvalue weighted by molar-refractivity contribution is 0.251. The Bertz CT molecular complexity index is 719. The number of anilines is 2. The van der Waals surface area contributed by atoms with Crippen molar-refractivity contribution >= 4 is 17.5 Å². The first-order chi connectivity index (χ1) is 12.8. The summed E-state index contributed by atoms with van der Waals surface area (Å²) >= 11 is 0. The maximum Gasteiger partial charge on any atom is 0.320 e. The second kappa shape index (κ2) is 7.77. The van der Waals surface area contributed by atoms with Gasteiger partial charge in [-0.15, -0.1) is 0 Å². The molecule has 2 N–H and O–H groups in total. The Labute approximate surface area is 154 Å². The van der Waals surface area contributed by atoms with Crippen LogP contribution in [0.25, 0.3) is 0 Å². The lowest BCUT2D eigenvalue weighted by Gasteiger charge is -2.33. The van der Waals surface area contributed by atoms with E-state index in [1.807, 2.05) is 12.3 Å². The van der Waals surface area contributed by atoms with Crippen molar-refractivity contribution in [1.82, 2.24) is 10.3 Å². The van der Waals surface area contributed by atoms with Crippen LogP contribution in [-0.2, 0) is 6.42 Å². The molecule has 2 amide bonds. The maximum atomic E-state index is 11.8. The highest BCUT2D eigenvalue weighted by atomic mass is 16.2. The van der Waals surface area contributed by atoms with Gasteiger partial charge in [0.25, 0.3) is 0 Å². The Kier molecular flexibility index (Phi) is 5.04. The van der Waals surface area contributed by atoms with Crippen LogP contribution < -0.4 is 15.5 Å². The fraction of sp³-hybridized carbons (Fsp3) is 0.429. The summed E-state index contributed by atoms with van der Waals surface area (Å²) in [7, 11) is 0. The molecule has 1 saturated carbocycles. The fourth-order valence-electron chi connectivity index (χ4n) is 3.56. The summed E-state index contributed by atoms with van der Waals surface area (Å²) in [6.45, 7) is 2.13. The number of carbonyl (C=O) groups is 1. The molecule has 0 bridgehead atoms. The molecule has 2 heterocycles. The number of benzene rings is 1. The second-order valence-electron chi connectivity index (χ2n) is 7.39. The number of rotatable bonds is 5. The molecule has 1 saturated heterocycles. The zero-order chi connectivity index (χ0) is 17.8. The van der Waals surface area contributed by atoms with E-state index in [0.29, 0.717) is 11.9 Å². The van der Waals surface area contributed by atoms with Gasteiger partial charge in [-0.3, -0.25) is 5.32 Å². The lowest BCUT2D eigenvalue weighted by Crippen LogP contribution is -2.34. The smallest absolute Gasteiger partial charge is 0.320 e. The Balaban J connectivity index is 1.26. The van der Waals surface area contributed by atoms with Crippen molar-refractivity contribution in [1.29, 1.82) is 0 Å². The van der Waals surface area contributed by atoms with E-state index in [-0.39, 0.29) is 6.03 Å². The zero-order valence-corrected chi connectivity index (χ0v) is 15.0. The molecule has 1 aromatic carbocycles. The maximum absolute atomic E-state index is 11.8. The number of urea groups is 1. The van der Waals surface area contributed by atoms with Crippen LogP contribution >= 0.6 is 0 Å². The number of nitrogens with one attached hydrogen (secondary N) is 2. The van der Waals surface area contributed by atoms with Crippen LogP contribution in [0, 0.1) is 5.92 Å². The molecular formula is C21H26N4O. The SMILES string of the molecule is O=C(Nc1ccc(N2CCC(Cc3ccccc3)CC2)cn1)NC1CC1. The summed E-state index contributed by atoms with van der Waals surface area (Å²) in [4.78, 5) is 18.5. The first-order valence-corrected chi connectivity index (χ1v) is 9.59. The van der Waals surface area contributed by atoms with Gasteiger partial charge in [-0.2, -0.15) is 0 Å². The van der Waals surface area contributed by atoms with Crippen molar-refractivity contribution < 1.29 is 4.79 Å². The minimum atomic E-state index is -0.158. The van der Waals surface area contributed by atoms with Gasteiger partial charge >= 0.3 is 6.03 Å². The molecule has 0 atom stereocenters. The summed E-state index contributed by atoms with van der Waals surface area (Å²) in [5.41, 5.74) is 2.57.